The third kappa shape index (κ3) is 2.32. The third-order valence-electron chi connectivity index (χ3n) is 7.95. The molecule has 0 aromatic rings. The minimum Gasteiger partial charge on any atom is -0.300 e. The van der Waals surface area contributed by atoms with Crippen molar-refractivity contribution >= 4 is 11.4 Å². The average Bonchev–Trinajstić information content (AvgIpc) is 2.93. The van der Waals surface area contributed by atoms with Gasteiger partial charge in [0.1, 0.15) is 0 Å². The Morgan fingerprint density at radius 2 is 0.923 bits per heavy atom. The van der Waals surface area contributed by atoms with E-state index in [1.54, 1.807) is 0 Å². The SMILES string of the molecule is CC12CN3CCN(CC(C3)C1=NN=C1C3CN4CCN(C3)CC1(C)C4)C2. The summed E-state index contributed by atoms with van der Waals surface area (Å²) in [4.78, 5) is 10.7. The average molecular weight is 357 g/mol. The predicted molar refractivity (Wildman–Crippen MR) is 104 cm³/mol. The quantitative estimate of drug-likeness (QED) is 0.634. The molecule has 0 aliphatic carbocycles. The molecular weight excluding hydrogens is 324 g/mol. The van der Waals surface area contributed by atoms with E-state index < -0.39 is 0 Å². The molecule has 0 amide bonds. The minimum atomic E-state index is 0.207. The lowest BCUT2D eigenvalue weighted by Gasteiger charge is -2.49. The van der Waals surface area contributed by atoms with Crippen LogP contribution in [0.4, 0.5) is 0 Å². The molecule has 0 N–H and O–H groups in total. The van der Waals surface area contributed by atoms with E-state index in [0.29, 0.717) is 11.8 Å². The molecule has 0 spiro atoms. The molecule has 8 aliphatic heterocycles. The highest BCUT2D eigenvalue weighted by Gasteiger charge is 2.51. The number of rotatable bonds is 1. The van der Waals surface area contributed by atoms with Crippen molar-refractivity contribution in [3.63, 3.8) is 0 Å². The molecule has 26 heavy (non-hydrogen) atoms. The van der Waals surface area contributed by atoms with Crippen molar-refractivity contribution in [2.45, 2.75) is 13.8 Å². The maximum absolute atomic E-state index is 5.07. The fraction of sp³-hybridized carbons (Fsp3) is 0.900. The van der Waals surface area contributed by atoms with Crippen LogP contribution in [-0.2, 0) is 0 Å². The molecule has 8 heterocycles. The number of nitrogens with zero attached hydrogens (tertiary/aromatic N) is 6. The molecule has 0 aromatic heterocycles. The van der Waals surface area contributed by atoms with E-state index in [0.717, 1.165) is 0 Å². The molecule has 4 atom stereocenters. The van der Waals surface area contributed by atoms with Gasteiger partial charge < -0.3 is 19.6 Å². The Morgan fingerprint density at radius 3 is 1.19 bits per heavy atom. The lowest BCUT2D eigenvalue weighted by Crippen LogP contribution is -2.61. The van der Waals surface area contributed by atoms with Gasteiger partial charge >= 0.3 is 0 Å². The highest BCUT2D eigenvalue weighted by molar-refractivity contribution is 5.97. The Bertz CT molecular complexity index is 594. The lowest BCUT2D eigenvalue weighted by atomic mass is 9.71. The van der Waals surface area contributed by atoms with Crippen LogP contribution in [-0.4, -0.2) is 110 Å². The van der Waals surface area contributed by atoms with Crippen LogP contribution in [0.1, 0.15) is 13.8 Å². The van der Waals surface area contributed by atoms with E-state index in [-0.39, 0.29) is 10.8 Å². The van der Waals surface area contributed by atoms with Crippen molar-refractivity contribution < 1.29 is 0 Å². The zero-order valence-corrected chi connectivity index (χ0v) is 16.3. The van der Waals surface area contributed by atoms with Crippen LogP contribution in [0.25, 0.3) is 0 Å². The smallest absolute Gasteiger partial charge is 0.0546 e. The summed E-state index contributed by atoms with van der Waals surface area (Å²) in [6.45, 7) is 19.3. The predicted octanol–water partition coefficient (Wildman–Crippen LogP) is 0.318. The summed E-state index contributed by atoms with van der Waals surface area (Å²) in [5, 5.41) is 10.1. The Balaban J connectivity index is 1.36. The Kier molecular flexibility index (Phi) is 3.34. The molecule has 8 rings (SSSR count). The molecule has 142 valence electrons. The number of piperidine rings is 4. The van der Waals surface area contributed by atoms with Crippen LogP contribution in [0.3, 0.4) is 0 Å². The zero-order chi connectivity index (χ0) is 17.5. The summed E-state index contributed by atoms with van der Waals surface area (Å²) in [6, 6.07) is 0. The summed E-state index contributed by atoms with van der Waals surface area (Å²) in [7, 11) is 0. The summed E-state index contributed by atoms with van der Waals surface area (Å²) in [6.07, 6.45) is 0. The van der Waals surface area contributed by atoms with E-state index in [1.165, 1.54) is 90.0 Å². The molecule has 6 heteroatoms. The molecule has 0 saturated carbocycles. The Hall–Kier alpha value is -0.820. The maximum atomic E-state index is 5.07. The third-order valence-corrected chi connectivity index (χ3v) is 7.95. The fourth-order valence-corrected chi connectivity index (χ4v) is 7.11. The van der Waals surface area contributed by atoms with Gasteiger partial charge in [0.2, 0.25) is 0 Å². The first kappa shape index (κ1) is 16.2. The first-order valence-electron chi connectivity index (χ1n) is 10.6. The first-order valence-corrected chi connectivity index (χ1v) is 10.6. The number of hydrogen-bond donors (Lipinski definition) is 0. The molecular formula is C20H32N6. The van der Waals surface area contributed by atoms with Crippen molar-refractivity contribution in [1.29, 1.82) is 0 Å². The molecule has 8 bridgehead atoms. The zero-order valence-electron chi connectivity index (χ0n) is 16.3. The summed E-state index contributed by atoms with van der Waals surface area (Å²) < 4.78 is 0. The van der Waals surface area contributed by atoms with Gasteiger partial charge in [0.15, 0.2) is 0 Å². The van der Waals surface area contributed by atoms with Gasteiger partial charge in [-0.3, -0.25) is 0 Å². The minimum absolute atomic E-state index is 0.207. The monoisotopic (exact) mass is 356 g/mol. The van der Waals surface area contributed by atoms with Crippen LogP contribution >= 0.6 is 0 Å². The van der Waals surface area contributed by atoms with Gasteiger partial charge in [-0.05, 0) is 0 Å². The first-order chi connectivity index (χ1) is 12.5. The second-order valence-electron chi connectivity index (χ2n) is 10.4. The van der Waals surface area contributed by atoms with Gasteiger partial charge in [0.05, 0.1) is 11.4 Å². The highest BCUT2D eigenvalue weighted by Crippen LogP contribution is 2.40. The van der Waals surface area contributed by atoms with Gasteiger partial charge in [-0.2, -0.15) is 10.2 Å². The summed E-state index contributed by atoms with van der Waals surface area (Å²) >= 11 is 0. The largest absolute Gasteiger partial charge is 0.300 e. The van der Waals surface area contributed by atoms with Crippen LogP contribution in [0.15, 0.2) is 10.2 Å². The van der Waals surface area contributed by atoms with Crippen LogP contribution in [0.5, 0.6) is 0 Å². The van der Waals surface area contributed by atoms with Crippen LogP contribution in [0, 0.1) is 22.7 Å². The molecule has 4 unspecified atom stereocenters. The van der Waals surface area contributed by atoms with Gasteiger partial charge in [0, 0.05) is 101 Å². The summed E-state index contributed by atoms with van der Waals surface area (Å²) in [5.41, 5.74) is 3.24. The molecule has 6 nitrogen and oxygen atoms in total. The van der Waals surface area contributed by atoms with Crippen molar-refractivity contribution in [3.05, 3.63) is 0 Å². The molecule has 0 radical (unpaired) electrons. The highest BCUT2D eigenvalue weighted by atomic mass is 15.3. The van der Waals surface area contributed by atoms with Crippen molar-refractivity contribution in [1.82, 2.24) is 19.6 Å². The summed E-state index contributed by atoms with van der Waals surface area (Å²) in [5.74, 6) is 1.18. The van der Waals surface area contributed by atoms with E-state index >= 15 is 0 Å². The Labute approximate surface area is 156 Å². The van der Waals surface area contributed by atoms with Gasteiger partial charge in [-0.1, -0.05) is 13.8 Å². The second kappa shape index (κ2) is 5.37. The lowest BCUT2D eigenvalue weighted by molar-refractivity contribution is 0.127. The van der Waals surface area contributed by atoms with Crippen LogP contribution in [0.2, 0.25) is 0 Å². The number of fused-ring (bicyclic) bond motifs is 2. The van der Waals surface area contributed by atoms with Gasteiger partial charge in [-0.15, -0.1) is 0 Å². The van der Waals surface area contributed by atoms with Crippen molar-refractivity contribution in [2.24, 2.45) is 32.9 Å². The second-order valence-corrected chi connectivity index (χ2v) is 10.4. The van der Waals surface area contributed by atoms with Crippen LogP contribution < -0.4 is 0 Å². The number of hydrogen-bond acceptors (Lipinski definition) is 6. The van der Waals surface area contributed by atoms with E-state index in [4.69, 9.17) is 10.2 Å². The van der Waals surface area contributed by atoms with E-state index in [1.807, 2.05) is 0 Å². The van der Waals surface area contributed by atoms with Gasteiger partial charge in [0.25, 0.3) is 0 Å². The van der Waals surface area contributed by atoms with Gasteiger partial charge in [-0.25, -0.2) is 0 Å². The molecule has 8 fully saturated rings. The van der Waals surface area contributed by atoms with Crippen molar-refractivity contribution in [2.75, 3.05) is 78.5 Å². The topological polar surface area (TPSA) is 37.7 Å². The maximum Gasteiger partial charge on any atom is 0.0546 e. The Morgan fingerprint density at radius 1 is 0.615 bits per heavy atom. The fourth-order valence-electron chi connectivity index (χ4n) is 7.11. The normalized spacial score (nSPS) is 57.8. The molecule has 0 aromatic carbocycles. The van der Waals surface area contributed by atoms with E-state index in [9.17, 15) is 0 Å². The molecule has 8 saturated heterocycles. The standard InChI is InChI=1S/C20H32N6/c1-19-11-23-3-4-24(12-19)8-15(7-23)17(19)21-22-18-16-9-25-5-6-26(10-16)14-20(18,2)13-25/h15-16H,3-14H2,1-2H3. The van der Waals surface area contributed by atoms with E-state index in [2.05, 4.69) is 33.4 Å². The van der Waals surface area contributed by atoms with Crippen molar-refractivity contribution in [3.8, 4) is 0 Å². The molecule has 8 aliphatic rings.